The Labute approximate surface area is 201 Å². The number of hydrogen-bond donors (Lipinski definition) is 1. The highest BCUT2D eigenvalue weighted by molar-refractivity contribution is 5.75. The molecular formula is C26H35N5O3. The molecule has 1 aromatic carbocycles. The number of benzene rings is 1. The van der Waals surface area contributed by atoms with Crippen LogP contribution in [0.4, 0.5) is 10.7 Å². The number of hydrogen-bond acceptors (Lipinski definition) is 6. The van der Waals surface area contributed by atoms with Crippen molar-refractivity contribution in [2.45, 2.75) is 50.7 Å². The van der Waals surface area contributed by atoms with E-state index in [2.05, 4.69) is 54.0 Å². The summed E-state index contributed by atoms with van der Waals surface area (Å²) in [6.07, 6.45) is 4.73. The first-order valence-electron chi connectivity index (χ1n) is 12.7. The molecule has 1 aliphatic carbocycles. The summed E-state index contributed by atoms with van der Waals surface area (Å²) >= 11 is 0. The van der Waals surface area contributed by atoms with Crippen molar-refractivity contribution in [3.05, 3.63) is 29.5 Å². The van der Waals surface area contributed by atoms with E-state index in [0.717, 1.165) is 61.0 Å². The molecule has 3 fully saturated rings. The molecule has 2 aromatic rings. The van der Waals surface area contributed by atoms with Gasteiger partial charge in [0.25, 0.3) is 0 Å². The molecule has 1 saturated carbocycles. The molecule has 8 nitrogen and oxygen atoms in total. The van der Waals surface area contributed by atoms with Crippen LogP contribution in [0.5, 0.6) is 5.75 Å². The van der Waals surface area contributed by atoms with Crippen molar-refractivity contribution in [3.63, 3.8) is 0 Å². The van der Waals surface area contributed by atoms with Crippen LogP contribution >= 0.6 is 0 Å². The Balaban J connectivity index is 1.33. The molecule has 0 unspecified atom stereocenters. The van der Waals surface area contributed by atoms with E-state index in [-0.39, 0.29) is 6.09 Å². The van der Waals surface area contributed by atoms with Crippen LogP contribution in [0.1, 0.15) is 43.4 Å². The average molecular weight is 466 g/mol. The monoisotopic (exact) mass is 465 g/mol. The predicted octanol–water partition coefficient (Wildman–Crippen LogP) is 3.42. The number of carbonyl (C=O) groups excluding carboxylic acids is 1. The number of likely N-dealkylation sites (N-methyl/N-ethyl adjacent to an activating group) is 1. The van der Waals surface area contributed by atoms with Gasteiger partial charge in [-0.2, -0.15) is 0 Å². The highest BCUT2D eigenvalue weighted by atomic mass is 16.6. The molecular weight excluding hydrogens is 430 g/mol. The molecule has 3 aliphatic heterocycles. The van der Waals surface area contributed by atoms with Gasteiger partial charge in [-0.3, -0.25) is 0 Å². The van der Waals surface area contributed by atoms with E-state index < -0.39 is 5.60 Å². The van der Waals surface area contributed by atoms with Crippen LogP contribution in [0.15, 0.2) is 18.2 Å². The molecule has 6 rings (SSSR count). The second kappa shape index (κ2) is 8.18. The maximum absolute atomic E-state index is 12.6. The van der Waals surface area contributed by atoms with Gasteiger partial charge in [-0.15, -0.1) is 0 Å². The predicted molar refractivity (Wildman–Crippen MR) is 130 cm³/mol. The topological polar surface area (TPSA) is 71.9 Å². The zero-order valence-corrected chi connectivity index (χ0v) is 20.5. The second-order valence-electron chi connectivity index (χ2n) is 10.5. The van der Waals surface area contributed by atoms with E-state index in [1.165, 1.54) is 18.4 Å². The van der Waals surface area contributed by atoms with Crippen LogP contribution < -0.4 is 15.0 Å². The van der Waals surface area contributed by atoms with Crippen molar-refractivity contribution in [2.24, 2.45) is 13.0 Å². The molecule has 4 aliphatic rings. The quantitative estimate of drug-likeness (QED) is 0.746. The number of fused-ring (bicyclic) bond motifs is 4. The summed E-state index contributed by atoms with van der Waals surface area (Å²) in [5, 5.41) is 3.47. The molecule has 34 heavy (non-hydrogen) atoms. The third kappa shape index (κ3) is 3.63. The number of aryl methyl sites for hydroxylation is 1. The second-order valence-corrected chi connectivity index (χ2v) is 10.5. The summed E-state index contributed by atoms with van der Waals surface area (Å²) in [6.45, 7) is 5.90. The van der Waals surface area contributed by atoms with Gasteiger partial charge in [-0.05, 0) is 56.3 Å². The number of likely N-dealkylation sites (tertiary alicyclic amines) is 1. The fourth-order valence-corrected chi connectivity index (χ4v) is 5.77. The molecule has 0 radical (unpaired) electrons. The number of piperidine rings is 1. The Kier molecular flexibility index (Phi) is 5.24. The largest absolute Gasteiger partial charge is 0.480 e. The summed E-state index contributed by atoms with van der Waals surface area (Å²) in [5.41, 5.74) is 3.86. The van der Waals surface area contributed by atoms with Crippen LogP contribution in [0.2, 0.25) is 0 Å². The highest BCUT2D eigenvalue weighted by Crippen LogP contribution is 2.50. The van der Waals surface area contributed by atoms with Gasteiger partial charge in [-0.25, -0.2) is 9.78 Å². The first-order valence-corrected chi connectivity index (χ1v) is 12.7. The molecule has 4 heterocycles. The summed E-state index contributed by atoms with van der Waals surface area (Å²) < 4.78 is 14.6. The van der Waals surface area contributed by atoms with Crippen LogP contribution in [-0.2, 0) is 17.4 Å². The van der Waals surface area contributed by atoms with E-state index in [1.807, 2.05) is 4.90 Å². The zero-order valence-electron chi connectivity index (χ0n) is 20.5. The molecule has 1 amide bonds. The van der Waals surface area contributed by atoms with Gasteiger partial charge in [0.05, 0.1) is 12.3 Å². The number of nitrogens with one attached hydrogen (secondary N) is 1. The first-order chi connectivity index (χ1) is 16.4. The van der Waals surface area contributed by atoms with Gasteiger partial charge in [0.15, 0.2) is 5.60 Å². The Morgan fingerprint density at radius 2 is 2.09 bits per heavy atom. The lowest BCUT2D eigenvalue weighted by molar-refractivity contribution is -0.0109. The SMILES string of the molecule is Cc1ccc2c(c1)OC1(CCN(C(=O)OCC3CC3)CC1)c1c-2nc(N(C)[C@H]2CCNC2)n1C. The molecule has 8 heteroatoms. The summed E-state index contributed by atoms with van der Waals surface area (Å²) in [4.78, 5) is 22.0. The summed E-state index contributed by atoms with van der Waals surface area (Å²) in [7, 11) is 4.26. The van der Waals surface area contributed by atoms with Crippen LogP contribution in [0.3, 0.4) is 0 Å². The molecule has 1 atom stereocenters. The fraction of sp³-hybridized carbons (Fsp3) is 0.615. The van der Waals surface area contributed by atoms with Gasteiger partial charge in [0.2, 0.25) is 5.95 Å². The van der Waals surface area contributed by atoms with E-state index in [1.54, 1.807) is 0 Å². The van der Waals surface area contributed by atoms with Gasteiger partial charge in [-0.1, -0.05) is 6.07 Å². The van der Waals surface area contributed by atoms with Crippen molar-refractivity contribution >= 4 is 12.0 Å². The maximum Gasteiger partial charge on any atom is 0.409 e. The van der Waals surface area contributed by atoms with Gasteiger partial charge in [0, 0.05) is 58.2 Å². The zero-order chi connectivity index (χ0) is 23.4. The van der Waals surface area contributed by atoms with E-state index in [0.29, 0.717) is 31.7 Å². The lowest BCUT2D eigenvalue weighted by Crippen LogP contribution is -2.50. The Morgan fingerprint density at radius 3 is 2.79 bits per heavy atom. The lowest BCUT2D eigenvalue weighted by atomic mass is 9.83. The Morgan fingerprint density at radius 1 is 1.29 bits per heavy atom. The fourth-order valence-electron chi connectivity index (χ4n) is 5.77. The van der Waals surface area contributed by atoms with Crippen molar-refractivity contribution in [1.29, 1.82) is 0 Å². The summed E-state index contributed by atoms with van der Waals surface area (Å²) in [5.74, 6) is 2.44. The number of aromatic nitrogens is 2. The van der Waals surface area contributed by atoms with Crippen molar-refractivity contribution in [1.82, 2.24) is 19.8 Å². The highest BCUT2D eigenvalue weighted by Gasteiger charge is 2.48. The first kappa shape index (κ1) is 21.8. The number of ether oxygens (including phenoxy) is 2. The van der Waals surface area contributed by atoms with E-state index >= 15 is 0 Å². The maximum atomic E-state index is 12.6. The molecule has 182 valence electrons. The number of carbonyl (C=O) groups is 1. The van der Waals surface area contributed by atoms with E-state index in [4.69, 9.17) is 14.5 Å². The minimum atomic E-state index is -0.502. The average Bonchev–Trinajstić information content (AvgIpc) is 3.35. The molecule has 0 bridgehead atoms. The standard InChI is InChI=1S/C26H35N5O3/c1-17-4-7-20-21(14-17)34-26(9-12-31(13-10-26)25(32)33-16-18-5-6-18)23-22(20)28-24(30(23)3)29(2)19-8-11-27-15-19/h4,7,14,18-19,27H,5-6,8-13,15-16H2,1-3H3/t19-/m0/s1. The number of anilines is 1. The van der Waals surface area contributed by atoms with Crippen molar-refractivity contribution < 1.29 is 14.3 Å². The Bertz CT molecular complexity index is 1090. The molecule has 2 saturated heterocycles. The minimum Gasteiger partial charge on any atom is -0.480 e. The third-order valence-corrected chi connectivity index (χ3v) is 8.07. The normalized spacial score (nSPS) is 22.8. The number of amides is 1. The van der Waals surface area contributed by atoms with Crippen molar-refractivity contribution in [2.75, 3.05) is 44.7 Å². The number of imidazole rings is 1. The Hall–Kier alpha value is -2.74. The van der Waals surface area contributed by atoms with Crippen LogP contribution in [0, 0.1) is 12.8 Å². The van der Waals surface area contributed by atoms with Crippen LogP contribution in [0.25, 0.3) is 11.3 Å². The molecule has 1 spiro atoms. The van der Waals surface area contributed by atoms with Gasteiger partial charge in [0.1, 0.15) is 11.4 Å². The summed E-state index contributed by atoms with van der Waals surface area (Å²) in [6, 6.07) is 6.81. The number of rotatable bonds is 4. The smallest absolute Gasteiger partial charge is 0.409 e. The van der Waals surface area contributed by atoms with E-state index in [9.17, 15) is 4.79 Å². The molecule has 1 aromatic heterocycles. The third-order valence-electron chi connectivity index (χ3n) is 8.07. The minimum absolute atomic E-state index is 0.187. The van der Waals surface area contributed by atoms with Gasteiger partial charge >= 0.3 is 6.09 Å². The number of nitrogens with zero attached hydrogens (tertiary/aromatic N) is 4. The van der Waals surface area contributed by atoms with Crippen molar-refractivity contribution in [3.8, 4) is 17.0 Å². The lowest BCUT2D eigenvalue weighted by Gasteiger charge is -2.44. The molecule has 1 N–H and O–H groups in total. The van der Waals surface area contributed by atoms with Crippen LogP contribution in [-0.4, -0.2) is 66.4 Å². The van der Waals surface area contributed by atoms with Gasteiger partial charge < -0.3 is 29.2 Å².